The van der Waals surface area contributed by atoms with Crippen molar-refractivity contribution in [2.75, 3.05) is 26.0 Å². The Kier molecular flexibility index (Phi) is 4.21. The van der Waals surface area contributed by atoms with Gasteiger partial charge in [-0.1, -0.05) is 0 Å². The third-order valence-electron chi connectivity index (χ3n) is 3.80. The molecule has 0 aliphatic carbocycles. The fourth-order valence-electron chi connectivity index (χ4n) is 2.60. The fraction of sp³-hybridized carbons (Fsp3) is 0.278. The first-order valence-corrected chi connectivity index (χ1v) is 7.56. The van der Waals surface area contributed by atoms with E-state index in [4.69, 9.17) is 8.83 Å². The highest BCUT2D eigenvalue weighted by atomic mass is 16.3. The van der Waals surface area contributed by atoms with E-state index in [9.17, 15) is 4.79 Å². The van der Waals surface area contributed by atoms with E-state index in [0.29, 0.717) is 5.76 Å². The second-order valence-corrected chi connectivity index (χ2v) is 5.83. The Balaban J connectivity index is 1.88. The maximum atomic E-state index is 12.1. The molecule has 0 aliphatic heterocycles. The lowest BCUT2D eigenvalue weighted by molar-refractivity contribution is 0.0996. The van der Waals surface area contributed by atoms with Gasteiger partial charge in [0, 0.05) is 23.2 Å². The van der Waals surface area contributed by atoms with Gasteiger partial charge in [-0.15, -0.1) is 0 Å². The molecule has 2 heterocycles. The standard InChI is InChI=1S/C18H20N2O3/c1-12-14(8-9-20(2)3)15-11-13(6-7-16(15)23-12)19-18(21)17-5-4-10-22-17/h4-7,10-11H,8-9H2,1-3H3,(H,19,21). The first-order valence-electron chi connectivity index (χ1n) is 7.56. The first-order chi connectivity index (χ1) is 11.0. The lowest BCUT2D eigenvalue weighted by atomic mass is 10.1. The molecule has 3 aromatic rings. The van der Waals surface area contributed by atoms with E-state index in [1.807, 2.05) is 39.2 Å². The van der Waals surface area contributed by atoms with E-state index >= 15 is 0 Å². The quantitative estimate of drug-likeness (QED) is 0.780. The minimum atomic E-state index is -0.260. The molecule has 5 heteroatoms. The van der Waals surface area contributed by atoms with Crippen LogP contribution in [0.3, 0.4) is 0 Å². The molecule has 0 unspecified atom stereocenters. The fourth-order valence-corrected chi connectivity index (χ4v) is 2.60. The molecule has 120 valence electrons. The molecule has 0 bridgehead atoms. The third-order valence-corrected chi connectivity index (χ3v) is 3.80. The third kappa shape index (κ3) is 3.29. The number of aryl methyl sites for hydroxylation is 1. The van der Waals surface area contributed by atoms with Crippen molar-refractivity contribution in [2.45, 2.75) is 13.3 Å². The molecular formula is C18H20N2O3. The number of hydrogen-bond acceptors (Lipinski definition) is 4. The van der Waals surface area contributed by atoms with Gasteiger partial charge in [0.15, 0.2) is 5.76 Å². The predicted molar refractivity (Wildman–Crippen MR) is 89.9 cm³/mol. The van der Waals surface area contributed by atoms with Crippen molar-refractivity contribution in [1.82, 2.24) is 4.90 Å². The lowest BCUT2D eigenvalue weighted by Crippen LogP contribution is -2.15. The summed E-state index contributed by atoms with van der Waals surface area (Å²) >= 11 is 0. The van der Waals surface area contributed by atoms with Gasteiger partial charge in [-0.25, -0.2) is 0 Å². The van der Waals surface area contributed by atoms with Crippen LogP contribution in [-0.4, -0.2) is 31.4 Å². The maximum absolute atomic E-state index is 12.1. The number of rotatable bonds is 5. The number of nitrogens with zero attached hydrogens (tertiary/aromatic N) is 1. The van der Waals surface area contributed by atoms with E-state index in [1.165, 1.54) is 11.8 Å². The monoisotopic (exact) mass is 312 g/mol. The number of furan rings is 2. The molecule has 0 fully saturated rings. The number of benzene rings is 1. The highest BCUT2D eigenvalue weighted by molar-refractivity contribution is 6.03. The van der Waals surface area contributed by atoms with Crippen molar-refractivity contribution in [3.8, 4) is 0 Å². The molecular weight excluding hydrogens is 292 g/mol. The van der Waals surface area contributed by atoms with E-state index in [1.54, 1.807) is 12.1 Å². The van der Waals surface area contributed by atoms with Crippen LogP contribution >= 0.6 is 0 Å². The number of fused-ring (bicyclic) bond motifs is 1. The Bertz CT molecular complexity index is 816. The smallest absolute Gasteiger partial charge is 0.291 e. The number of carbonyl (C=O) groups is 1. The van der Waals surface area contributed by atoms with Gasteiger partial charge in [0.25, 0.3) is 5.91 Å². The molecule has 0 aliphatic rings. The van der Waals surface area contributed by atoms with Gasteiger partial charge < -0.3 is 19.1 Å². The number of carbonyl (C=O) groups excluding carboxylic acids is 1. The molecule has 0 atom stereocenters. The Morgan fingerprint density at radius 3 is 2.78 bits per heavy atom. The Morgan fingerprint density at radius 2 is 2.09 bits per heavy atom. The topological polar surface area (TPSA) is 58.6 Å². The highest BCUT2D eigenvalue weighted by Gasteiger charge is 2.14. The Morgan fingerprint density at radius 1 is 1.26 bits per heavy atom. The van der Waals surface area contributed by atoms with Crippen LogP contribution in [0.5, 0.6) is 0 Å². The van der Waals surface area contributed by atoms with Gasteiger partial charge in [-0.05, 0) is 57.8 Å². The summed E-state index contributed by atoms with van der Waals surface area (Å²) in [5.74, 6) is 0.960. The summed E-state index contributed by atoms with van der Waals surface area (Å²) in [6.45, 7) is 2.92. The highest BCUT2D eigenvalue weighted by Crippen LogP contribution is 2.29. The van der Waals surface area contributed by atoms with Crippen LogP contribution in [0.25, 0.3) is 11.0 Å². The average molecular weight is 312 g/mol. The number of amides is 1. The zero-order valence-corrected chi connectivity index (χ0v) is 13.6. The summed E-state index contributed by atoms with van der Waals surface area (Å²) in [6.07, 6.45) is 2.39. The van der Waals surface area contributed by atoms with Crippen molar-refractivity contribution in [2.24, 2.45) is 0 Å². The maximum Gasteiger partial charge on any atom is 0.291 e. The van der Waals surface area contributed by atoms with Crippen LogP contribution in [0.1, 0.15) is 21.9 Å². The normalized spacial score (nSPS) is 11.3. The summed E-state index contributed by atoms with van der Waals surface area (Å²) in [6, 6.07) is 9.01. The number of hydrogen-bond donors (Lipinski definition) is 1. The molecule has 1 aromatic carbocycles. The minimum absolute atomic E-state index is 0.260. The molecule has 2 aromatic heterocycles. The van der Waals surface area contributed by atoms with E-state index < -0.39 is 0 Å². The van der Waals surface area contributed by atoms with Crippen molar-refractivity contribution < 1.29 is 13.6 Å². The summed E-state index contributed by atoms with van der Waals surface area (Å²) < 4.78 is 10.9. The van der Waals surface area contributed by atoms with Gasteiger partial charge in [0.1, 0.15) is 11.3 Å². The van der Waals surface area contributed by atoms with Gasteiger partial charge in [0.05, 0.1) is 6.26 Å². The molecule has 23 heavy (non-hydrogen) atoms. The summed E-state index contributed by atoms with van der Waals surface area (Å²) in [5.41, 5.74) is 2.75. The van der Waals surface area contributed by atoms with E-state index in [0.717, 1.165) is 35.4 Å². The molecule has 5 nitrogen and oxygen atoms in total. The molecule has 1 N–H and O–H groups in total. The second-order valence-electron chi connectivity index (χ2n) is 5.83. The largest absolute Gasteiger partial charge is 0.461 e. The Labute approximate surface area is 134 Å². The summed E-state index contributed by atoms with van der Waals surface area (Å²) in [7, 11) is 4.10. The van der Waals surface area contributed by atoms with Gasteiger partial charge in [-0.2, -0.15) is 0 Å². The lowest BCUT2D eigenvalue weighted by Gasteiger charge is -2.09. The van der Waals surface area contributed by atoms with Crippen LogP contribution in [0.4, 0.5) is 5.69 Å². The molecule has 0 spiro atoms. The zero-order valence-electron chi connectivity index (χ0n) is 13.6. The Hall–Kier alpha value is -2.53. The average Bonchev–Trinajstić information content (AvgIpc) is 3.12. The predicted octanol–water partition coefficient (Wildman–Crippen LogP) is 3.69. The van der Waals surface area contributed by atoms with Crippen molar-refractivity contribution in [3.63, 3.8) is 0 Å². The second kappa shape index (κ2) is 6.30. The van der Waals surface area contributed by atoms with Gasteiger partial charge in [-0.3, -0.25) is 4.79 Å². The van der Waals surface area contributed by atoms with Crippen LogP contribution in [0.2, 0.25) is 0 Å². The van der Waals surface area contributed by atoms with Gasteiger partial charge >= 0.3 is 0 Å². The van der Waals surface area contributed by atoms with Gasteiger partial charge in [0.2, 0.25) is 0 Å². The zero-order chi connectivity index (χ0) is 16.4. The van der Waals surface area contributed by atoms with E-state index in [2.05, 4.69) is 10.2 Å². The van der Waals surface area contributed by atoms with Crippen LogP contribution in [0.15, 0.2) is 45.4 Å². The molecule has 0 saturated carbocycles. The summed E-state index contributed by atoms with van der Waals surface area (Å²) in [5, 5.41) is 3.90. The van der Waals surface area contributed by atoms with Crippen LogP contribution < -0.4 is 5.32 Å². The molecule has 0 radical (unpaired) electrons. The molecule has 3 rings (SSSR count). The number of anilines is 1. The van der Waals surface area contributed by atoms with Crippen molar-refractivity contribution >= 4 is 22.6 Å². The first kappa shape index (κ1) is 15.4. The van der Waals surface area contributed by atoms with E-state index in [-0.39, 0.29) is 5.91 Å². The van der Waals surface area contributed by atoms with Crippen molar-refractivity contribution in [3.05, 3.63) is 53.7 Å². The van der Waals surface area contributed by atoms with Crippen LogP contribution in [0, 0.1) is 6.92 Å². The number of likely N-dealkylation sites (N-methyl/N-ethyl adjacent to an activating group) is 1. The summed E-state index contributed by atoms with van der Waals surface area (Å²) in [4.78, 5) is 14.2. The van der Waals surface area contributed by atoms with Crippen LogP contribution in [-0.2, 0) is 6.42 Å². The SMILES string of the molecule is Cc1oc2ccc(NC(=O)c3ccco3)cc2c1CCN(C)C. The number of nitrogens with one attached hydrogen (secondary N) is 1. The van der Waals surface area contributed by atoms with Crippen molar-refractivity contribution in [1.29, 1.82) is 0 Å². The molecule has 1 amide bonds. The minimum Gasteiger partial charge on any atom is -0.461 e. The molecule has 0 saturated heterocycles.